The molecule has 0 bridgehead atoms. The number of amides is 1. The molecule has 0 aliphatic carbocycles. The smallest absolute Gasteiger partial charge is 0.280 e. The molecule has 0 aliphatic heterocycles. The molecule has 1 N–H and O–H groups in total. The van der Waals surface area contributed by atoms with Crippen LogP contribution in [0.3, 0.4) is 0 Å². The fraction of sp³-hybridized carbons (Fsp3) is 0.158. The number of nitrogens with zero attached hydrogens (tertiary/aromatic N) is 1. The maximum absolute atomic E-state index is 12.0. The highest BCUT2D eigenvalue weighted by Crippen LogP contribution is 2.18. The molecule has 4 nitrogen and oxygen atoms in total. The summed E-state index contributed by atoms with van der Waals surface area (Å²) >= 11 is 5.88. The molecule has 0 radical (unpaired) electrons. The van der Waals surface area contributed by atoms with E-state index in [1.807, 2.05) is 43.3 Å². The largest absolute Gasteiger partial charge is 0.481 e. The zero-order valence-electron chi connectivity index (χ0n) is 13.6. The predicted octanol–water partition coefficient (Wildman–Crippen LogP) is 4.31. The number of halogens is 1. The first-order chi connectivity index (χ1) is 11.5. The minimum Gasteiger partial charge on any atom is -0.481 e. The van der Waals surface area contributed by atoms with E-state index in [0.717, 1.165) is 11.1 Å². The topological polar surface area (TPSA) is 50.7 Å². The third-order valence-electron chi connectivity index (χ3n) is 3.12. The van der Waals surface area contributed by atoms with Crippen LogP contribution in [0.1, 0.15) is 19.4 Å². The van der Waals surface area contributed by atoms with Gasteiger partial charge in [0.05, 0.1) is 6.21 Å². The maximum Gasteiger partial charge on any atom is 0.280 e. The standard InChI is InChI=1S/C19H19ClN2O2/c1-14(11-16-7-4-3-5-8-16)13-21-22-19(23)15(2)24-18-10-6-9-17(20)12-18/h3-13,15H,1-2H3,(H,22,23)/b14-11-,21-13-/t15-/m0/s1. The van der Waals surface area contributed by atoms with E-state index in [0.29, 0.717) is 10.8 Å². The summed E-state index contributed by atoms with van der Waals surface area (Å²) in [6.07, 6.45) is 2.89. The van der Waals surface area contributed by atoms with Gasteiger partial charge < -0.3 is 4.74 Å². The fourth-order valence-corrected chi connectivity index (χ4v) is 2.12. The number of carbonyl (C=O) groups excluding carboxylic acids is 1. The highest BCUT2D eigenvalue weighted by Gasteiger charge is 2.13. The van der Waals surface area contributed by atoms with E-state index in [4.69, 9.17) is 16.3 Å². The zero-order valence-corrected chi connectivity index (χ0v) is 14.3. The van der Waals surface area contributed by atoms with Crippen LogP contribution in [0.2, 0.25) is 5.02 Å². The summed E-state index contributed by atoms with van der Waals surface area (Å²) in [6.45, 7) is 3.56. The molecule has 5 heteroatoms. The molecule has 0 unspecified atom stereocenters. The number of ether oxygens (including phenoxy) is 1. The van der Waals surface area contributed by atoms with Crippen molar-refractivity contribution in [2.24, 2.45) is 5.10 Å². The van der Waals surface area contributed by atoms with E-state index in [-0.39, 0.29) is 5.91 Å². The lowest BCUT2D eigenvalue weighted by molar-refractivity contribution is -0.127. The van der Waals surface area contributed by atoms with Crippen LogP contribution >= 0.6 is 11.6 Å². The molecule has 0 saturated heterocycles. The molecule has 124 valence electrons. The van der Waals surface area contributed by atoms with Gasteiger partial charge in [-0.15, -0.1) is 0 Å². The van der Waals surface area contributed by atoms with Crippen molar-refractivity contribution in [2.75, 3.05) is 0 Å². The minimum absolute atomic E-state index is 0.335. The first kappa shape index (κ1) is 17.8. The van der Waals surface area contributed by atoms with E-state index in [1.165, 1.54) is 0 Å². The molecule has 2 rings (SSSR count). The van der Waals surface area contributed by atoms with E-state index in [9.17, 15) is 4.79 Å². The highest BCUT2D eigenvalue weighted by molar-refractivity contribution is 6.30. The lowest BCUT2D eigenvalue weighted by Gasteiger charge is -2.12. The van der Waals surface area contributed by atoms with Crippen molar-refractivity contribution in [3.63, 3.8) is 0 Å². The Morgan fingerprint density at radius 2 is 1.96 bits per heavy atom. The van der Waals surface area contributed by atoms with Crippen molar-refractivity contribution >= 4 is 29.8 Å². The number of carbonyl (C=O) groups is 1. The minimum atomic E-state index is -0.681. The number of hydrogen-bond donors (Lipinski definition) is 1. The Morgan fingerprint density at radius 1 is 1.21 bits per heavy atom. The van der Waals surface area contributed by atoms with Crippen LogP contribution in [-0.4, -0.2) is 18.2 Å². The Kier molecular flexibility index (Phi) is 6.58. The molecule has 0 aromatic heterocycles. The van der Waals surface area contributed by atoms with Gasteiger partial charge in [0.15, 0.2) is 6.10 Å². The normalized spacial score (nSPS) is 12.9. The number of benzene rings is 2. The SMILES string of the molecule is CC(/C=N\NC(=O)[C@H](C)Oc1cccc(Cl)c1)=C/c1ccccc1. The molecule has 0 heterocycles. The maximum atomic E-state index is 12.0. The first-order valence-electron chi connectivity index (χ1n) is 7.53. The summed E-state index contributed by atoms with van der Waals surface area (Å²) in [7, 11) is 0. The van der Waals surface area contributed by atoms with Crippen molar-refractivity contribution in [3.05, 3.63) is 70.8 Å². The van der Waals surface area contributed by atoms with Crippen LogP contribution in [0.25, 0.3) is 6.08 Å². The van der Waals surface area contributed by atoms with Gasteiger partial charge in [-0.3, -0.25) is 4.79 Å². The molecular weight excluding hydrogens is 324 g/mol. The zero-order chi connectivity index (χ0) is 17.4. The van der Waals surface area contributed by atoms with Crippen LogP contribution < -0.4 is 10.2 Å². The van der Waals surface area contributed by atoms with Crippen LogP contribution in [0.4, 0.5) is 0 Å². The molecule has 2 aromatic rings. The van der Waals surface area contributed by atoms with Gasteiger partial charge in [-0.05, 0) is 43.2 Å². The second kappa shape index (κ2) is 8.89. The Labute approximate surface area is 146 Å². The second-order valence-corrected chi connectivity index (χ2v) is 5.69. The summed E-state index contributed by atoms with van der Waals surface area (Å²) in [5.74, 6) is 0.202. The van der Waals surface area contributed by atoms with Crippen molar-refractivity contribution < 1.29 is 9.53 Å². The van der Waals surface area contributed by atoms with Crippen molar-refractivity contribution in [1.29, 1.82) is 0 Å². The molecule has 2 aromatic carbocycles. The van der Waals surface area contributed by atoms with Crippen LogP contribution in [0, 0.1) is 0 Å². The molecule has 24 heavy (non-hydrogen) atoms. The van der Waals surface area contributed by atoms with Crippen molar-refractivity contribution in [1.82, 2.24) is 5.43 Å². The van der Waals surface area contributed by atoms with Crippen molar-refractivity contribution in [3.8, 4) is 5.75 Å². The molecule has 0 saturated carbocycles. The average Bonchev–Trinajstić information content (AvgIpc) is 2.55. The molecule has 0 spiro atoms. The number of rotatable bonds is 6. The van der Waals surface area contributed by atoms with Crippen LogP contribution in [0.5, 0.6) is 5.75 Å². The molecule has 1 amide bonds. The summed E-state index contributed by atoms with van der Waals surface area (Å²) in [5, 5.41) is 4.50. The summed E-state index contributed by atoms with van der Waals surface area (Å²) in [6, 6.07) is 16.8. The van der Waals surface area contributed by atoms with Crippen LogP contribution in [0.15, 0.2) is 65.3 Å². The van der Waals surface area contributed by atoms with E-state index >= 15 is 0 Å². The molecule has 0 fully saturated rings. The quantitative estimate of drug-likeness (QED) is 0.628. The van der Waals surface area contributed by atoms with Gasteiger partial charge >= 0.3 is 0 Å². The van der Waals surface area contributed by atoms with Gasteiger partial charge in [0, 0.05) is 5.02 Å². The monoisotopic (exact) mass is 342 g/mol. The number of hydrazone groups is 1. The first-order valence-corrected chi connectivity index (χ1v) is 7.91. The Hall–Kier alpha value is -2.59. The van der Waals surface area contributed by atoms with Gasteiger partial charge in [0.25, 0.3) is 5.91 Å². The lowest BCUT2D eigenvalue weighted by Crippen LogP contribution is -2.33. The molecular formula is C19H19ClN2O2. The summed E-state index contributed by atoms with van der Waals surface area (Å²) < 4.78 is 5.53. The number of allylic oxidation sites excluding steroid dienone is 1. The van der Waals surface area contributed by atoms with Gasteiger partial charge in [0.1, 0.15) is 5.75 Å². The van der Waals surface area contributed by atoms with Gasteiger partial charge in [0.2, 0.25) is 0 Å². The Morgan fingerprint density at radius 3 is 2.67 bits per heavy atom. The molecule has 1 atom stereocenters. The highest BCUT2D eigenvalue weighted by atomic mass is 35.5. The number of hydrogen-bond acceptors (Lipinski definition) is 3. The van der Waals surface area contributed by atoms with Crippen LogP contribution in [-0.2, 0) is 4.79 Å². The lowest BCUT2D eigenvalue weighted by atomic mass is 10.1. The Balaban J connectivity index is 1.86. The van der Waals surface area contributed by atoms with E-state index in [2.05, 4.69) is 10.5 Å². The third-order valence-corrected chi connectivity index (χ3v) is 3.35. The van der Waals surface area contributed by atoms with Gasteiger partial charge in [-0.2, -0.15) is 5.10 Å². The van der Waals surface area contributed by atoms with E-state index in [1.54, 1.807) is 37.4 Å². The van der Waals surface area contributed by atoms with Gasteiger partial charge in [-0.1, -0.05) is 54.1 Å². The predicted molar refractivity (Wildman–Crippen MR) is 98.3 cm³/mol. The molecule has 0 aliphatic rings. The summed E-state index contributed by atoms with van der Waals surface area (Å²) in [5.41, 5.74) is 4.46. The van der Waals surface area contributed by atoms with Gasteiger partial charge in [-0.25, -0.2) is 5.43 Å². The third kappa shape index (κ3) is 5.89. The number of nitrogens with one attached hydrogen (secondary N) is 1. The Bertz CT molecular complexity index is 742. The summed E-state index contributed by atoms with van der Waals surface area (Å²) in [4.78, 5) is 12.0. The second-order valence-electron chi connectivity index (χ2n) is 5.25. The van der Waals surface area contributed by atoms with Crippen molar-refractivity contribution in [2.45, 2.75) is 20.0 Å². The fourth-order valence-electron chi connectivity index (χ4n) is 1.94. The van der Waals surface area contributed by atoms with E-state index < -0.39 is 6.10 Å². The average molecular weight is 343 g/mol.